The van der Waals surface area contributed by atoms with Crippen LogP contribution in [-0.2, 0) is 4.79 Å². The smallest absolute Gasteiger partial charge is 0.336 e. The van der Waals surface area contributed by atoms with Gasteiger partial charge >= 0.3 is 5.63 Å². The maximum absolute atomic E-state index is 11.1. The van der Waals surface area contributed by atoms with Crippen LogP contribution >= 0.6 is 0 Å². The van der Waals surface area contributed by atoms with Gasteiger partial charge in [0.25, 0.3) is 0 Å². The van der Waals surface area contributed by atoms with E-state index in [4.69, 9.17) is 9.15 Å². The minimum atomic E-state index is -1.40. The van der Waals surface area contributed by atoms with Crippen LogP contribution in [0.2, 0.25) is 0 Å². The van der Waals surface area contributed by atoms with Crippen molar-refractivity contribution in [3.05, 3.63) is 34.2 Å². The minimum absolute atomic E-state index is 0.0105. The Morgan fingerprint density at radius 2 is 2.17 bits per heavy atom. The number of carboxylic acids is 1. The average molecular weight is 249 g/mol. The van der Waals surface area contributed by atoms with E-state index >= 15 is 0 Å². The van der Waals surface area contributed by atoms with Gasteiger partial charge in [0.2, 0.25) is 0 Å². The highest BCUT2D eigenvalue weighted by atomic mass is 16.5. The summed E-state index contributed by atoms with van der Waals surface area (Å²) < 4.78 is 9.76. The fraction of sp³-hybridized carbons (Fsp3) is 0.167. The third kappa shape index (κ3) is 2.27. The lowest BCUT2D eigenvalue weighted by atomic mass is 10.1. The fourth-order valence-electron chi connectivity index (χ4n) is 1.59. The van der Waals surface area contributed by atoms with Crippen molar-refractivity contribution >= 4 is 16.9 Å². The lowest BCUT2D eigenvalue weighted by molar-refractivity contribution is -0.307. The van der Waals surface area contributed by atoms with Gasteiger partial charge in [-0.2, -0.15) is 0 Å². The van der Waals surface area contributed by atoms with Gasteiger partial charge in [-0.15, -0.1) is 0 Å². The monoisotopic (exact) mass is 249 g/mol. The Hall–Kier alpha value is -2.50. The standard InChI is InChI=1S/C12H10O6/c1-6-2-12(16)18-9-4-8(13)10(3-7(6)9)17-5-11(14)15/h2-4,13H,5H2,1H3,(H,14,15)/p-1. The first-order valence-electron chi connectivity index (χ1n) is 5.07. The van der Waals surface area contributed by atoms with E-state index in [9.17, 15) is 19.8 Å². The number of carboxylic acid groups (broad SMARTS) is 1. The number of phenolic OH excluding ortho intramolecular Hbond substituents is 1. The summed E-state index contributed by atoms with van der Waals surface area (Å²) in [6.07, 6.45) is 0. The van der Waals surface area contributed by atoms with Gasteiger partial charge in [0.1, 0.15) is 12.2 Å². The molecule has 0 fully saturated rings. The molecule has 0 aliphatic heterocycles. The number of hydrogen-bond donors (Lipinski definition) is 1. The van der Waals surface area contributed by atoms with Crippen LogP contribution in [0.15, 0.2) is 27.4 Å². The van der Waals surface area contributed by atoms with Gasteiger partial charge in [-0.3, -0.25) is 0 Å². The molecule has 0 radical (unpaired) electrons. The molecule has 0 spiro atoms. The number of fused-ring (bicyclic) bond motifs is 1. The van der Waals surface area contributed by atoms with Crippen LogP contribution in [-0.4, -0.2) is 17.7 Å². The Kier molecular flexibility index (Phi) is 2.93. The summed E-state index contributed by atoms with van der Waals surface area (Å²) >= 11 is 0. The number of aromatic hydroxyl groups is 1. The number of ether oxygens (including phenoxy) is 1. The molecule has 1 aromatic heterocycles. The van der Waals surface area contributed by atoms with Crippen LogP contribution in [0, 0.1) is 6.92 Å². The van der Waals surface area contributed by atoms with Crippen molar-refractivity contribution in [2.75, 3.05) is 6.61 Å². The molecule has 0 aliphatic carbocycles. The van der Waals surface area contributed by atoms with Gasteiger partial charge in [-0.25, -0.2) is 4.79 Å². The van der Waals surface area contributed by atoms with E-state index in [1.807, 2.05) is 0 Å². The van der Waals surface area contributed by atoms with E-state index in [2.05, 4.69) is 0 Å². The number of benzene rings is 1. The fourth-order valence-corrected chi connectivity index (χ4v) is 1.59. The molecule has 6 nitrogen and oxygen atoms in total. The SMILES string of the molecule is Cc1cc(=O)oc2cc(O)c(OCC(=O)[O-])cc12. The zero-order chi connectivity index (χ0) is 13.3. The number of rotatable bonds is 3. The van der Waals surface area contributed by atoms with Gasteiger partial charge < -0.3 is 24.2 Å². The summed E-state index contributed by atoms with van der Waals surface area (Å²) in [5.41, 5.74) is 0.320. The molecule has 0 saturated heterocycles. The molecule has 1 N–H and O–H groups in total. The molecule has 2 rings (SSSR count). The van der Waals surface area contributed by atoms with Crippen LogP contribution in [0.4, 0.5) is 0 Å². The van der Waals surface area contributed by atoms with E-state index < -0.39 is 18.2 Å². The van der Waals surface area contributed by atoms with E-state index in [1.165, 1.54) is 18.2 Å². The third-order valence-electron chi connectivity index (χ3n) is 2.38. The van der Waals surface area contributed by atoms with Crippen LogP contribution < -0.4 is 15.5 Å². The molecule has 0 bridgehead atoms. The molecule has 1 aromatic carbocycles. The first kappa shape index (κ1) is 12.0. The van der Waals surface area contributed by atoms with E-state index in [-0.39, 0.29) is 17.1 Å². The Balaban J connectivity index is 2.54. The number of carbonyl (C=O) groups is 1. The molecule has 0 atom stereocenters. The maximum Gasteiger partial charge on any atom is 0.336 e. The second-order valence-corrected chi connectivity index (χ2v) is 3.73. The largest absolute Gasteiger partial charge is 0.546 e. The number of aryl methyl sites for hydroxylation is 1. The zero-order valence-electron chi connectivity index (χ0n) is 9.43. The van der Waals surface area contributed by atoms with Gasteiger partial charge in [0, 0.05) is 17.5 Å². The van der Waals surface area contributed by atoms with Crippen molar-refractivity contribution < 1.29 is 24.2 Å². The van der Waals surface area contributed by atoms with Crippen molar-refractivity contribution in [3.63, 3.8) is 0 Å². The van der Waals surface area contributed by atoms with Gasteiger partial charge in [0.15, 0.2) is 11.5 Å². The lowest BCUT2D eigenvalue weighted by Gasteiger charge is -2.10. The van der Waals surface area contributed by atoms with E-state index in [1.54, 1.807) is 6.92 Å². The van der Waals surface area contributed by atoms with Crippen LogP contribution in [0.5, 0.6) is 11.5 Å². The second kappa shape index (κ2) is 4.40. The molecular formula is C12H9O6-. The molecule has 0 aliphatic rings. The summed E-state index contributed by atoms with van der Waals surface area (Å²) in [4.78, 5) is 21.4. The van der Waals surface area contributed by atoms with Gasteiger partial charge in [-0.05, 0) is 18.6 Å². The Morgan fingerprint density at radius 1 is 1.44 bits per heavy atom. The summed E-state index contributed by atoms with van der Waals surface area (Å²) in [7, 11) is 0. The van der Waals surface area contributed by atoms with Crippen LogP contribution in [0.1, 0.15) is 5.56 Å². The van der Waals surface area contributed by atoms with Gasteiger partial charge in [0.05, 0.1) is 5.97 Å². The van der Waals surface area contributed by atoms with Crippen molar-refractivity contribution in [1.82, 2.24) is 0 Å². The summed E-state index contributed by atoms with van der Waals surface area (Å²) in [6, 6.07) is 3.90. The number of hydrogen-bond acceptors (Lipinski definition) is 6. The second-order valence-electron chi connectivity index (χ2n) is 3.73. The third-order valence-corrected chi connectivity index (χ3v) is 2.38. The Morgan fingerprint density at radius 3 is 2.83 bits per heavy atom. The van der Waals surface area contributed by atoms with Crippen molar-refractivity contribution in [3.8, 4) is 11.5 Å². The van der Waals surface area contributed by atoms with E-state index in [0.29, 0.717) is 10.9 Å². The molecule has 0 amide bonds. The highest BCUT2D eigenvalue weighted by molar-refractivity contribution is 5.83. The zero-order valence-corrected chi connectivity index (χ0v) is 9.43. The van der Waals surface area contributed by atoms with Crippen molar-refractivity contribution in [2.24, 2.45) is 0 Å². The van der Waals surface area contributed by atoms with Gasteiger partial charge in [-0.1, -0.05) is 0 Å². The Bertz CT molecular complexity index is 670. The predicted octanol–water partition coefficient (Wildman–Crippen LogP) is -0.0643. The number of aliphatic carboxylic acids is 1. The highest BCUT2D eigenvalue weighted by Crippen LogP contribution is 2.32. The Labute approximate surface area is 101 Å². The normalized spacial score (nSPS) is 10.5. The quantitative estimate of drug-likeness (QED) is 0.764. The van der Waals surface area contributed by atoms with Crippen molar-refractivity contribution in [2.45, 2.75) is 6.92 Å². The topological polar surface area (TPSA) is 99.8 Å². The summed E-state index contributed by atoms with van der Waals surface area (Å²) in [5, 5.41) is 20.4. The number of carbonyl (C=O) groups excluding carboxylic acids is 1. The first-order chi connectivity index (χ1) is 8.47. The molecule has 2 aromatic rings. The first-order valence-corrected chi connectivity index (χ1v) is 5.07. The molecular weight excluding hydrogens is 240 g/mol. The minimum Gasteiger partial charge on any atom is -0.546 e. The molecule has 6 heteroatoms. The average Bonchev–Trinajstić information content (AvgIpc) is 2.26. The molecule has 94 valence electrons. The summed E-state index contributed by atoms with van der Waals surface area (Å²) in [5.74, 6) is -1.72. The highest BCUT2D eigenvalue weighted by Gasteiger charge is 2.09. The lowest BCUT2D eigenvalue weighted by Crippen LogP contribution is -2.28. The van der Waals surface area contributed by atoms with Crippen molar-refractivity contribution in [1.29, 1.82) is 0 Å². The predicted molar refractivity (Wildman–Crippen MR) is 59.4 cm³/mol. The maximum atomic E-state index is 11.1. The molecule has 1 heterocycles. The number of phenols is 1. The molecule has 18 heavy (non-hydrogen) atoms. The van der Waals surface area contributed by atoms with E-state index in [0.717, 1.165) is 0 Å². The molecule has 0 saturated carbocycles. The van der Waals surface area contributed by atoms with Crippen LogP contribution in [0.3, 0.4) is 0 Å². The van der Waals surface area contributed by atoms with Crippen LogP contribution in [0.25, 0.3) is 11.0 Å². The summed E-state index contributed by atoms with van der Waals surface area (Å²) in [6.45, 7) is 1.02. The molecule has 0 unspecified atom stereocenters.